The van der Waals surface area contributed by atoms with Gasteiger partial charge in [-0.3, -0.25) is 19.3 Å². The van der Waals surface area contributed by atoms with Gasteiger partial charge in [-0.05, 0) is 12.8 Å². The van der Waals surface area contributed by atoms with Crippen LogP contribution in [0.25, 0.3) is 0 Å². The van der Waals surface area contributed by atoms with Gasteiger partial charge in [0.2, 0.25) is 11.8 Å². The number of nitrogens with zero attached hydrogens (tertiary/aromatic N) is 1. The predicted octanol–water partition coefficient (Wildman–Crippen LogP) is 9.17. The molecule has 0 saturated carbocycles. The van der Waals surface area contributed by atoms with Gasteiger partial charge in [0.15, 0.2) is 0 Å². The molecule has 0 aliphatic carbocycles. The van der Waals surface area contributed by atoms with Crippen molar-refractivity contribution in [2.45, 2.75) is 181 Å². The van der Waals surface area contributed by atoms with E-state index in [4.69, 9.17) is 15.2 Å². The summed E-state index contributed by atoms with van der Waals surface area (Å²) in [6, 6.07) is -1.81. The maximum atomic E-state index is 12.9. The lowest BCUT2D eigenvalue weighted by molar-refractivity contribution is -0.159. The van der Waals surface area contributed by atoms with Gasteiger partial charge in [-0.15, -0.1) is 0 Å². The average molecular weight is 689 g/mol. The summed E-state index contributed by atoms with van der Waals surface area (Å²) >= 11 is 0. The largest absolute Gasteiger partial charge is 0.465 e. The van der Waals surface area contributed by atoms with Crippen molar-refractivity contribution in [3.05, 3.63) is 0 Å². The Morgan fingerprint density at radius 3 is 1.22 bits per heavy atom. The zero-order valence-corrected chi connectivity index (χ0v) is 31.5. The molecule has 0 aromatic carbocycles. The highest BCUT2D eigenvalue weighted by molar-refractivity contribution is 8.76. The van der Waals surface area contributed by atoms with Gasteiger partial charge in [-0.1, -0.05) is 164 Å². The molecule has 0 bridgehead atoms. The predicted molar refractivity (Wildman–Crippen MR) is 195 cm³/mol. The van der Waals surface area contributed by atoms with E-state index >= 15 is 0 Å². The number of hydrogen-bond acceptors (Lipinski definition) is 9. The number of esters is 2. The maximum Gasteiger partial charge on any atom is 0.330 e. The topological polar surface area (TPSA) is 116 Å². The molecule has 0 radical (unpaired) electrons. The molecule has 0 aromatic rings. The normalized spacial score (nSPS) is 12.5. The smallest absolute Gasteiger partial charge is 0.330 e. The van der Waals surface area contributed by atoms with Crippen molar-refractivity contribution in [3.63, 3.8) is 0 Å². The third kappa shape index (κ3) is 25.8. The molecule has 2 N–H and O–H groups in total. The van der Waals surface area contributed by atoms with Crippen molar-refractivity contribution in [2.24, 2.45) is 5.73 Å². The Morgan fingerprint density at radius 2 is 0.848 bits per heavy atom. The van der Waals surface area contributed by atoms with Crippen molar-refractivity contribution < 1.29 is 28.7 Å². The molecule has 0 aliphatic rings. The summed E-state index contributed by atoms with van der Waals surface area (Å²) in [4.78, 5) is 50.6. The lowest BCUT2D eigenvalue weighted by atomic mass is 10.1. The standard InChI is InChI=1S/C36H68N2O6S2/c1-5-7-9-11-13-15-17-19-21-23-25-27-43-35(41)33(37)29-45-46-30-34(38(31(3)39)32(4)40)36(42)44-28-26-24-22-20-18-16-14-12-10-8-6-2/h33-34H,5-30,37H2,1-4H3/t33?,34-/m0/s1. The number of unbranched alkanes of at least 4 members (excludes halogenated alkanes) is 20. The van der Waals surface area contributed by atoms with E-state index in [2.05, 4.69) is 13.8 Å². The maximum absolute atomic E-state index is 12.9. The number of carbonyl (C=O) groups is 4. The van der Waals surface area contributed by atoms with Crippen molar-refractivity contribution in [2.75, 3.05) is 24.7 Å². The summed E-state index contributed by atoms with van der Waals surface area (Å²) in [5, 5.41) is 0. The molecule has 0 saturated heterocycles. The van der Waals surface area contributed by atoms with Crippen LogP contribution in [-0.2, 0) is 28.7 Å². The Bertz CT molecular complexity index is 772. The number of ether oxygens (including phenoxy) is 2. The van der Waals surface area contributed by atoms with Crippen molar-refractivity contribution in [1.82, 2.24) is 4.90 Å². The van der Waals surface area contributed by atoms with Crippen LogP contribution in [0.15, 0.2) is 0 Å². The average Bonchev–Trinajstić information content (AvgIpc) is 3.02. The number of nitrogens with two attached hydrogens (primary N) is 1. The summed E-state index contributed by atoms with van der Waals surface area (Å²) in [5.74, 6) is -1.57. The Morgan fingerprint density at radius 1 is 0.522 bits per heavy atom. The van der Waals surface area contributed by atoms with Crippen LogP contribution in [0.3, 0.4) is 0 Å². The van der Waals surface area contributed by atoms with Gasteiger partial charge in [0.25, 0.3) is 0 Å². The van der Waals surface area contributed by atoms with E-state index in [1.165, 1.54) is 138 Å². The Hall–Kier alpha value is -1.26. The highest BCUT2D eigenvalue weighted by atomic mass is 33.1. The molecule has 8 nitrogen and oxygen atoms in total. The second kappa shape index (κ2) is 32.3. The number of rotatable bonds is 32. The van der Waals surface area contributed by atoms with Crippen LogP contribution in [0.1, 0.15) is 169 Å². The summed E-state index contributed by atoms with van der Waals surface area (Å²) in [5.41, 5.74) is 6.03. The molecule has 0 spiro atoms. The van der Waals surface area contributed by atoms with E-state index in [-0.39, 0.29) is 12.4 Å². The molecule has 0 fully saturated rings. The number of carbonyl (C=O) groups excluding carboxylic acids is 4. The lowest BCUT2D eigenvalue weighted by Crippen LogP contribution is -2.49. The molecule has 0 aromatic heterocycles. The first-order chi connectivity index (χ1) is 22.3. The first kappa shape index (κ1) is 44.7. The fourth-order valence-electron chi connectivity index (χ4n) is 5.29. The first-order valence-electron chi connectivity index (χ1n) is 18.4. The van der Waals surface area contributed by atoms with Gasteiger partial charge in [0, 0.05) is 25.4 Å². The number of hydrogen-bond donors (Lipinski definition) is 1. The lowest BCUT2D eigenvalue weighted by Gasteiger charge is -2.26. The van der Waals surface area contributed by atoms with Crippen LogP contribution in [0.2, 0.25) is 0 Å². The summed E-state index contributed by atoms with van der Waals surface area (Å²) in [6.45, 7) is 7.65. The fourth-order valence-corrected chi connectivity index (χ4v) is 7.59. The van der Waals surface area contributed by atoms with E-state index in [1.54, 1.807) is 0 Å². The summed E-state index contributed by atoms with van der Waals surface area (Å²) in [6.07, 6.45) is 26.7. The van der Waals surface area contributed by atoms with E-state index in [0.717, 1.165) is 43.4 Å². The van der Waals surface area contributed by atoms with E-state index < -0.39 is 35.8 Å². The fraction of sp³-hybridized carbons (Fsp3) is 0.889. The monoisotopic (exact) mass is 688 g/mol. The Balaban J connectivity index is 4.23. The second-order valence-electron chi connectivity index (χ2n) is 12.5. The molecule has 0 rings (SSSR count). The molecule has 46 heavy (non-hydrogen) atoms. The van der Waals surface area contributed by atoms with Crippen molar-refractivity contribution in [1.29, 1.82) is 0 Å². The van der Waals surface area contributed by atoms with Crippen LogP contribution in [-0.4, -0.2) is 65.5 Å². The van der Waals surface area contributed by atoms with Crippen LogP contribution >= 0.6 is 21.6 Å². The minimum absolute atomic E-state index is 0.154. The molecule has 270 valence electrons. The summed E-state index contributed by atoms with van der Waals surface area (Å²) in [7, 11) is 2.61. The van der Waals surface area contributed by atoms with Gasteiger partial charge >= 0.3 is 11.9 Å². The third-order valence-electron chi connectivity index (χ3n) is 8.11. The van der Waals surface area contributed by atoms with Crippen LogP contribution in [0.4, 0.5) is 0 Å². The highest BCUT2D eigenvalue weighted by Crippen LogP contribution is 2.25. The zero-order chi connectivity index (χ0) is 34.3. The van der Waals surface area contributed by atoms with Gasteiger partial charge in [0.05, 0.1) is 13.2 Å². The van der Waals surface area contributed by atoms with Gasteiger partial charge in [0.1, 0.15) is 12.1 Å². The minimum Gasteiger partial charge on any atom is -0.465 e. The molecule has 2 atom stereocenters. The SMILES string of the molecule is CCCCCCCCCCCCCOC(=O)C(N)CSSC[C@@H](C(=O)OCCCCCCCCCCCCC)N(C(C)=O)C(C)=O. The molecule has 10 heteroatoms. The van der Waals surface area contributed by atoms with E-state index in [1.807, 2.05) is 0 Å². The quantitative estimate of drug-likeness (QED) is 0.0419. The van der Waals surface area contributed by atoms with E-state index in [9.17, 15) is 19.2 Å². The minimum atomic E-state index is -1.02. The molecular formula is C36H68N2O6S2. The molecule has 1 unspecified atom stereocenters. The number of amides is 2. The molecule has 0 heterocycles. The Kier molecular flexibility index (Phi) is 31.4. The van der Waals surface area contributed by atoms with Crippen LogP contribution in [0, 0.1) is 0 Å². The van der Waals surface area contributed by atoms with Gasteiger partial charge in [-0.25, -0.2) is 4.79 Å². The van der Waals surface area contributed by atoms with Crippen LogP contribution < -0.4 is 5.73 Å². The summed E-state index contributed by atoms with van der Waals surface area (Å²) < 4.78 is 10.8. The first-order valence-corrected chi connectivity index (χ1v) is 20.9. The third-order valence-corrected chi connectivity index (χ3v) is 10.5. The van der Waals surface area contributed by atoms with Gasteiger partial charge < -0.3 is 15.2 Å². The molecule has 0 aliphatic heterocycles. The Labute approximate surface area is 289 Å². The van der Waals surface area contributed by atoms with E-state index in [0.29, 0.717) is 12.4 Å². The zero-order valence-electron chi connectivity index (χ0n) is 29.8. The van der Waals surface area contributed by atoms with Gasteiger partial charge in [-0.2, -0.15) is 0 Å². The second-order valence-corrected chi connectivity index (χ2v) is 15.1. The highest BCUT2D eigenvalue weighted by Gasteiger charge is 2.32. The van der Waals surface area contributed by atoms with Crippen molar-refractivity contribution >= 4 is 45.3 Å². The molecule has 2 amide bonds. The number of imide groups is 1. The van der Waals surface area contributed by atoms with Crippen LogP contribution in [0.5, 0.6) is 0 Å². The molecular weight excluding hydrogens is 621 g/mol. The van der Waals surface area contributed by atoms with Crippen molar-refractivity contribution in [3.8, 4) is 0 Å².